The van der Waals surface area contributed by atoms with Crippen LogP contribution in [0.2, 0.25) is 0 Å². The fourth-order valence-corrected chi connectivity index (χ4v) is 3.63. The van der Waals surface area contributed by atoms with E-state index in [-0.39, 0.29) is 24.2 Å². The molecular formula is C18H26ClN3O2. The smallest absolute Gasteiger partial charge is 0.253 e. The highest BCUT2D eigenvalue weighted by Crippen LogP contribution is 2.37. The monoisotopic (exact) mass is 351 g/mol. The Morgan fingerprint density at radius 2 is 1.79 bits per heavy atom. The molecule has 24 heavy (non-hydrogen) atoms. The van der Waals surface area contributed by atoms with Crippen LogP contribution in [-0.2, 0) is 0 Å². The van der Waals surface area contributed by atoms with Gasteiger partial charge in [0.2, 0.25) is 0 Å². The van der Waals surface area contributed by atoms with E-state index in [1.165, 1.54) is 11.3 Å². The Labute approximate surface area is 149 Å². The Balaban J connectivity index is 0.00000208. The number of carbonyl (C=O) groups is 2. The van der Waals surface area contributed by atoms with Crippen LogP contribution >= 0.6 is 12.4 Å². The first-order valence-electron chi connectivity index (χ1n) is 8.33. The fourth-order valence-electron chi connectivity index (χ4n) is 3.63. The summed E-state index contributed by atoms with van der Waals surface area (Å²) in [5.41, 5.74) is 1.58. The van der Waals surface area contributed by atoms with E-state index < -0.39 is 0 Å². The van der Waals surface area contributed by atoms with Gasteiger partial charge in [0.1, 0.15) is 0 Å². The maximum atomic E-state index is 12.7. The van der Waals surface area contributed by atoms with Gasteiger partial charge >= 0.3 is 0 Å². The molecule has 0 atom stereocenters. The zero-order valence-corrected chi connectivity index (χ0v) is 15.2. The number of likely N-dealkylation sites (tertiary alicyclic amines) is 1. The van der Waals surface area contributed by atoms with E-state index in [0.717, 1.165) is 39.0 Å². The van der Waals surface area contributed by atoms with E-state index >= 15 is 0 Å². The second-order valence-corrected chi connectivity index (χ2v) is 7.00. The summed E-state index contributed by atoms with van der Waals surface area (Å²) in [4.78, 5) is 28.3. The van der Waals surface area contributed by atoms with E-state index in [1.807, 2.05) is 4.90 Å². The molecule has 1 aromatic rings. The first kappa shape index (κ1) is 18.7. The molecular weight excluding hydrogens is 326 g/mol. The Bertz CT molecular complexity index is 602. The van der Waals surface area contributed by atoms with Crippen molar-refractivity contribution < 1.29 is 9.59 Å². The molecule has 0 aromatic heterocycles. The molecule has 1 N–H and O–H groups in total. The molecule has 2 amide bonds. The maximum Gasteiger partial charge on any atom is 0.253 e. The molecule has 2 aliphatic heterocycles. The van der Waals surface area contributed by atoms with Crippen LogP contribution in [0.4, 0.5) is 0 Å². The normalized spacial score (nSPS) is 19.0. The molecule has 1 aromatic carbocycles. The van der Waals surface area contributed by atoms with Crippen LogP contribution in [0.5, 0.6) is 0 Å². The summed E-state index contributed by atoms with van der Waals surface area (Å²) in [6.07, 6.45) is 3.37. The van der Waals surface area contributed by atoms with Crippen LogP contribution in [0, 0.1) is 5.41 Å². The van der Waals surface area contributed by atoms with Gasteiger partial charge in [0.05, 0.1) is 0 Å². The maximum absolute atomic E-state index is 12.7. The van der Waals surface area contributed by atoms with Gasteiger partial charge in [0.15, 0.2) is 0 Å². The quantitative estimate of drug-likeness (QED) is 0.887. The number of hydrogen-bond acceptors (Lipinski definition) is 3. The van der Waals surface area contributed by atoms with E-state index in [0.29, 0.717) is 16.5 Å². The highest BCUT2D eigenvalue weighted by Gasteiger charge is 2.38. The highest BCUT2D eigenvalue weighted by molar-refractivity contribution is 5.99. The molecule has 132 valence electrons. The van der Waals surface area contributed by atoms with Gasteiger partial charge in [0, 0.05) is 44.9 Å². The van der Waals surface area contributed by atoms with Crippen molar-refractivity contribution in [2.75, 3.05) is 40.3 Å². The first-order valence-corrected chi connectivity index (χ1v) is 8.33. The highest BCUT2D eigenvalue weighted by atomic mass is 35.5. The second-order valence-electron chi connectivity index (χ2n) is 7.00. The molecule has 0 radical (unpaired) electrons. The minimum atomic E-state index is -0.0747. The summed E-state index contributed by atoms with van der Waals surface area (Å²) in [7, 11) is 3.44. The predicted molar refractivity (Wildman–Crippen MR) is 96.8 cm³/mol. The number of carbonyl (C=O) groups excluding carboxylic acids is 2. The van der Waals surface area contributed by atoms with Crippen molar-refractivity contribution in [1.29, 1.82) is 0 Å². The molecule has 3 rings (SSSR count). The average molecular weight is 352 g/mol. The number of hydrogen-bond donors (Lipinski definition) is 1. The Hall–Kier alpha value is -1.59. The van der Waals surface area contributed by atoms with Crippen molar-refractivity contribution in [2.24, 2.45) is 5.41 Å². The molecule has 6 heteroatoms. The summed E-state index contributed by atoms with van der Waals surface area (Å²) < 4.78 is 0. The van der Waals surface area contributed by atoms with Crippen molar-refractivity contribution in [3.8, 4) is 0 Å². The topological polar surface area (TPSA) is 52.7 Å². The fraction of sp³-hybridized carbons (Fsp3) is 0.556. The van der Waals surface area contributed by atoms with Gasteiger partial charge in [0.25, 0.3) is 11.8 Å². The van der Waals surface area contributed by atoms with E-state index in [1.54, 1.807) is 38.4 Å². The van der Waals surface area contributed by atoms with Crippen LogP contribution in [0.3, 0.4) is 0 Å². The molecule has 2 saturated heterocycles. The first-order chi connectivity index (χ1) is 11.0. The van der Waals surface area contributed by atoms with Gasteiger partial charge in [-0.25, -0.2) is 0 Å². The Morgan fingerprint density at radius 3 is 2.38 bits per heavy atom. The number of nitrogens with one attached hydrogen (secondary N) is 1. The lowest BCUT2D eigenvalue weighted by atomic mass is 9.78. The molecule has 0 aliphatic carbocycles. The molecule has 0 bridgehead atoms. The van der Waals surface area contributed by atoms with Gasteiger partial charge in [-0.3, -0.25) is 9.59 Å². The summed E-state index contributed by atoms with van der Waals surface area (Å²) >= 11 is 0. The third-order valence-electron chi connectivity index (χ3n) is 5.21. The molecule has 1 spiro atoms. The molecule has 2 aliphatic rings. The summed E-state index contributed by atoms with van der Waals surface area (Å²) in [5, 5.41) is 3.44. The Kier molecular flexibility index (Phi) is 5.88. The van der Waals surface area contributed by atoms with Crippen LogP contribution in [0.15, 0.2) is 24.3 Å². The molecule has 0 saturated carbocycles. The van der Waals surface area contributed by atoms with Crippen LogP contribution < -0.4 is 5.32 Å². The number of halogens is 1. The van der Waals surface area contributed by atoms with Gasteiger partial charge in [-0.15, -0.1) is 12.4 Å². The van der Waals surface area contributed by atoms with E-state index in [4.69, 9.17) is 0 Å². The summed E-state index contributed by atoms with van der Waals surface area (Å²) in [6, 6.07) is 7.06. The minimum Gasteiger partial charge on any atom is -0.345 e. The van der Waals surface area contributed by atoms with Gasteiger partial charge in [-0.1, -0.05) is 6.07 Å². The van der Waals surface area contributed by atoms with Crippen LogP contribution in [-0.4, -0.2) is 61.9 Å². The molecule has 2 heterocycles. The number of amides is 2. The third-order valence-corrected chi connectivity index (χ3v) is 5.21. The predicted octanol–water partition coefficient (Wildman–Crippen LogP) is 2.03. The minimum absolute atomic E-state index is 0. The van der Waals surface area contributed by atoms with Crippen molar-refractivity contribution in [2.45, 2.75) is 19.3 Å². The van der Waals surface area contributed by atoms with Crippen molar-refractivity contribution in [1.82, 2.24) is 15.1 Å². The number of nitrogens with zero attached hydrogens (tertiary/aromatic N) is 2. The largest absolute Gasteiger partial charge is 0.345 e. The zero-order chi connectivity index (χ0) is 16.4. The molecule has 5 nitrogen and oxygen atoms in total. The van der Waals surface area contributed by atoms with Crippen molar-refractivity contribution in [3.05, 3.63) is 35.4 Å². The van der Waals surface area contributed by atoms with Gasteiger partial charge < -0.3 is 15.1 Å². The summed E-state index contributed by atoms with van der Waals surface area (Å²) in [6.45, 7) is 3.81. The molecule has 2 fully saturated rings. The van der Waals surface area contributed by atoms with E-state index in [9.17, 15) is 9.59 Å². The SMILES string of the molecule is CN(C)C(=O)c1cccc(C(=O)N2CCC3(CCNC3)CC2)c1.Cl. The van der Waals surface area contributed by atoms with Gasteiger partial charge in [-0.05, 0) is 49.4 Å². The summed E-state index contributed by atoms with van der Waals surface area (Å²) in [5.74, 6) is -0.0338. The van der Waals surface area contributed by atoms with Crippen molar-refractivity contribution in [3.63, 3.8) is 0 Å². The lowest BCUT2D eigenvalue weighted by Gasteiger charge is -2.39. The van der Waals surface area contributed by atoms with Crippen LogP contribution in [0.25, 0.3) is 0 Å². The van der Waals surface area contributed by atoms with E-state index in [2.05, 4.69) is 5.32 Å². The number of rotatable bonds is 2. The molecule has 0 unspecified atom stereocenters. The Morgan fingerprint density at radius 1 is 1.12 bits per heavy atom. The number of benzene rings is 1. The van der Waals surface area contributed by atoms with Crippen LogP contribution in [0.1, 0.15) is 40.0 Å². The zero-order valence-electron chi connectivity index (χ0n) is 14.4. The lowest BCUT2D eigenvalue weighted by Crippen LogP contribution is -2.44. The van der Waals surface area contributed by atoms with Crippen molar-refractivity contribution >= 4 is 24.2 Å². The third kappa shape index (κ3) is 3.73. The average Bonchev–Trinajstić information content (AvgIpc) is 3.02. The second kappa shape index (κ2) is 7.53. The standard InChI is InChI=1S/C18H25N3O2.ClH/c1-20(2)16(22)14-4-3-5-15(12-14)17(23)21-10-7-18(8-11-21)6-9-19-13-18;/h3-5,12,19H,6-11,13H2,1-2H3;1H. The lowest BCUT2D eigenvalue weighted by molar-refractivity contribution is 0.0607. The van der Waals surface area contributed by atoms with Gasteiger partial charge in [-0.2, -0.15) is 0 Å². The number of piperidine rings is 1.